The first-order valence-electron chi connectivity index (χ1n) is 8.65. The molecule has 4 rings (SSSR count). The van der Waals surface area contributed by atoms with Gasteiger partial charge >= 0.3 is 17.9 Å². The molecule has 2 aliphatic heterocycles. The third-order valence-corrected chi connectivity index (χ3v) is 5.79. The molecular weight excluding hydrogens is 368 g/mol. The van der Waals surface area contributed by atoms with E-state index in [2.05, 4.69) is 6.58 Å². The van der Waals surface area contributed by atoms with Crippen molar-refractivity contribution < 1.29 is 28.6 Å². The standard InChI is InChI=1S/C20H18O6S/c1-10-6-13-8-12(19(22)24-13)9-15-17(11(2)18(21)25-15)14(7-10)26-20(23)16-4-3-5-27-16/h3-5,7-8,13-15,17H,2,6,9H2,1H3/b10-7+/t13-,14-,15+,17+/m1/s1. The van der Waals surface area contributed by atoms with E-state index in [1.165, 1.54) is 11.3 Å². The van der Waals surface area contributed by atoms with Crippen LogP contribution in [-0.4, -0.2) is 36.2 Å². The number of hydrogen-bond acceptors (Lipinski definition) is 7. The van der Waals surface area contributed by atoms with Crippen LogP contribution in [0.25, 0.3) is 0 Å². The van der Waals surface area contributed by atoms with Crippen molar-refractivity contribution in [3.05, 3.63) is 57.8 Å². The second-order valence-corrected chi connectivity index (χ2v) is 7.85. The molecule has 0 radical (unpaired) electrons. The Kier molecular flexibility index (Phi) is 4.47. The van der Waals surface area contributed by atoms with Gasteiger partial charge in [0.05, 0.1) is 5.92 Å². The van der Waals surface area contributed by atoms with Crippen molar-refractivity contribution in [3.8, 4) is 0 Å². The zero-order chi connectivity index (χ0) is 19.1. The van der Waals surface area contributed by atoms with Crippen LogP contribution in [0, 0.1) is 5.92 Å². The van der Waals surface area contributed by atoms with E-state index < -0.39 is 36.0 Å². The fraction of sp³-hybridized carbons (Fsp3) is 0.350. The van der Waals surface area contributed by atoms with Crippen molar-refractivity contribution in [1.29, 1.82) is 0 Å². The number of ether oxygens (including phenoxy) is 3. The monoisotopic (exact) mass is 386 g/mol. The molecule has 3 aliphatic rings. The minimum absolute atomic E-state index is 0.213. The van der Waals surface area contributed by atoms with E-state index in [1.54, 1.807) is 29.7 Å². The summed E-state index contributed by atoms with van der Waals surface area (Å²) in [5, 5.41) is 1.79. The van der Waals surface area contributed by atoms with Crippen LogP contribution in [0.5, 0.6) is 0 Å². The lowest BCUT2D eigenvalue weighted by atomic mass is 9.85. The lowest BCUT2D eigenvalue weighted by Crippen LogP contribution is -2.33. The molecule has 27 heavy (non-hydrogen) atoms. The first-order valence-corrected chi connectivity index (χ1v) is 9.53. The third-order valence-electron chi connectivity index (χ3n) is 4.94. The molecule has 0 saturated carbocycles. The van der Waals surface area contributed by atoms with Crippen LogP contribution in [0.1, 0.15) is 29.4 Å². The van der Waals surface area contributed by atoms with Gasteiger partial charge in [-0.1, -0.05) is 18.2 Å². The molecule has 0 spiro atoms. The predicted octanol–water partition coefficient (Wildman–Crippen LogP) is 2.96. The van der Waals surface area contributed by atoms with Crippen molar-refractivity contribution in [3.63, 3.8) is 0 Å². The van der Waals surface area contributed by atoms with Crippen LogP contribution >= 0.6 is 11.3 Å². The maximum atomic E-state index is 12.5. The number of carbonyl (C=O) groups excluding carboxylic acids is 3. The summed E-state index contributed by atoms with van der Waals surface area (Å²) in [5.74, 6) is -1.94. The highest BCUT2D eigenvalue weighted by atomic mass is 32.1. The van der Waals surface area contributed by atoms with Crippen LogP contribution in [0.3, 0.4) is 0 Å². The Balaban J connectivity index is 1.69. The topological polar surface area (TPSA) is 78.9 Å². The molecule has 3 heterocycles. The minimum Gasteiger partial charge on any atom is -0.458 e. The van der Waals surface area contributed by atoms with E-state index in [-0.39, 0.29) is 18.1 Å². The van der Waals surface area contributed by atoms with Gasteiger partial charge in [-0.05, 0) is 30.5 Å². The number of carbonyl (C=O) groups is 3. The smallest absolute Gasteiger partial charge is 0.348 e. The molecule has 0 unspecified atom stereocenters. The van der Waals surface area contributed by atoms with Crippen LogP contribution in [0.15, 0.2) is 53.0 Å². The van der Waals surface area contributed by atoms with E-state index in [1.807, 2.05) is 6.92 Å². The van der Waals surface area contributed by atoms with Gasteiger partial charge in [-0.25, -0.2) is 14.4 Å². The predicted molar refractivity (Wildman–Crippen MR) is 97.0 cm³/mol. The van der Waals surface area contributed by atoms with Gasteiger partial charge in [-0.2, -0.15) is 0 Å². The van der Waals surface area contributed by atoms with Crippen molar-refractivity contribution >= 4 is 29.2 Å². The average molecular weight is 386 g/mol. The number of thiophene rings is 1. The Hall–Kier alpha value is -2.67. The van der Waals surface area contributed by atoms with Gasteiger partial charge in [0.1, 0.15) is 23.2 Å². The molecule has 1 aromatic heterocycles. The second kappa shape index (κ2) is 6.81. The Bertz CT molecular complexity index is 878. The van der Waals surface area contributed by atoms with Gasteiger partial charge in [0.15, 0.2) is 0 Å². The van der Waals surface area contributed by atoms with Gasteiger partial charge in [-0.3, -0.25) is 0 Å². The van der Waals surface area contributed by atoms with Crippen LogP contribution in [0.2, 0.25) is 0 Å². The number of esters is 3. The fourth-order valence-electron chi connectivity index (χ4n) is 3.69. The first-order chi connectivity index (χ1) is 12.9. The number of rotatable bonds is 2. The largest absolute Gasteiger partial charge is 0.458 e. The number of fused-ring (bicyclic) bond motifs is 2. The van der Waals surface area contributed by atoms with Gasteiger partial charge in [0.25, 0.3) is 0 Å². The third kappa shape index (κ3) is 3.35. The fourth-order valence-corrected chi connectivity index (χ4v) is 4.29. The van der Waals surface area contributed by atoms with Gasteiger partial charge in [0, 0.05) is 24.0 Å². The number of hydrogen-bond donors (Lipinski definition) is 0. The maximum absolute atomic E-state index is 12.5. The lowest BCUT2D eigenvalue weighted by molar-refractivity contribution is -0.142. The van der Waals surface area contributed by atoms with Crippen molar-refractivity contribution in [1.82, 2.24) is 0 Å². The molecule has 1 fully saturated rings. The second-order valence-electron chi connectivity index (χ2n) is 6.90. The van der Waals surface area contributed by atoms with E-state index in [4.69, 9.17) is 14.2 Å². The summed E-state index contributed by atoms with van der Waals surface area (Å²) >= 11 is 1.29. The first kappa shape index (κ1) is 17.7. The minimum atomic E-state index is -0.711. The zero-order valence-corrected chi connectivity index (χ0v) is 15.5. The summed E-state index contributed by atoms with van der Waals surface area (Å²) in [6.07, 6.45) is 2.60. The molecule has 2 bridgehead atoms. The highest BCUT2D eigenvalue weighted by molar-refractivity contribution is 7.11. The van der Waals surface area contributed by atoms with Crippen LogP contribution in [0.4, 0.5) is 0 Å². The quantitative estimate of drug-likeness (QED) is 0.337. The Morgan fingerprint density at radius 1 is 1.22 bits per heavy atom. The van der Waals surface area contributed by atoms with Gasteiger partial charge < -0.3 is 14.2 Å². The molecule has 6 nitrogen and oxygen atoms in total. The molecule has 7 heteroatoms. The molecule has 1 aromatic rings. The highest BCUT2D eigenvalue weighted by Crippen LogP contribution is 2.38. The van der Waals surface area contributed by atoms with Gasteiger partial charge in [0.2, 0.25) is 0 Å². The summed E-state index contributed by atoms with van der Waals surface area (Å²) in [6.45, 7) is 5.72. The molecule has 0 N–H and O–H groups in total. The van der Waals surface area contributed by atoms with Crippen LogP contribution < -0.4 is 0 Å². The van der Waals surface area contributed by atoms with E-state index >= 15 is 0 Å². The molecule has 0 aromatic carbocycles. The SMILES string of the molecule is C=C1C(=O)O[C@H]2CC3=C[C@@H](C/C(C)=C/[C@@H](OC(=O)c4cccs4)[C@H]12)OC3=O. The van der Waals surface area contributed by atoms with E-state index in [9.17, 15) is 14.4 Å². The summed E-state index contributed by atoms with van der Waals surface area (Å²) in [5.41, 5.74) is 1.62. The van der Waals surface area contributed by atoms with Crippen molar-refractivity contribution in [2.75, 3.05) is 0 Å². The summed E-state index contributed by atoms with van der Waals surface area (Å²) in [6, 6.07) is 3.46. The highest BCUT2D eigenvalue weighted by Gasteiger charge is 2.46. The normalized spacial score (nSPS) is 32.0. The van der Waals surface area contributed by atoms with Crippen molar-refractivity contribution in [2.45, 2.75) is 38.1 Å². The molecule has 0 amide bonds. The summed E-state index contributed by atoms with van der Waals surface area (Å²) < 4.78 is 16.5. The summed E-state index contributed by atoms with van der Waals surface area (Å²) in [7, 11) is 0. The zero-order valence-electron chi connectivity index (χ0n) is 14.7. The summed E-state index contributed by atoms with van der Waals surface area (Å²) in [4.78, 5) is 37.2. The van der Waals surface area contributed by atoms with Gasteiger partial charge in [-0.15, -0.1) is 11.3 Å². The Morgan fingerprint density at radius 2 is 2.04 bits per heavy atom. The molecule has 1 aliphatic carbocycles. The van der Waals surface area contributed by atoms with E-state index in [0.29, 0.717) is 16.9 Å². The van der Waals surface area contributed by atoms with Crippen molar-refractivity contribution in [2.24, 2.45) is 5.92 Å². The van der Waals surface area contributed by atoms with Crippen LogP contribution in [-0.2, 0) is 23.8 Å². The van der Waals surface area contributed by atoms with E-state index in [0.717, 1.165) is 5.57 Å². The average Bonchev–Trinajstić information content (AvgIpc) is 3.30. The molecule has 1 saturated heterocycles. The Labute approximate surface area is 160 Å². The molecule has 4 atom stereocenters. The molecule has 140 valence electrons. The maximum Gasteiger partial charge on any atom is 0.348 e. The lowest BCUT2D eigenvalue weighted by Gasteiger charge is -2.25. The Morgan fingerprint density at radius 3 is 2.78 bits per heavy atom. The molecular formula is C20H18O6S.